The van der Waals surface area contributed by atoms with E-state index in [1.807, 2.05) is 66.3 Å². The molecule has 0 aliphatic carbocycles. The Balaban J connectivity index is 1.76. The van der Waals surface area contributed by atoms with Crippen molar-refractivity contribution in [3.63, 3.8) is 0 Å². The molecule has 1 aromatic heterocycles. The minimum Gasteiger partial charge on any atom is -0.497 e. The molecule has 0 saturated carbocycles. The molecule has 182 valence electrons. The Labute approximate surface area is 204 Å². The van der Waals surface area contributed by atoms with Gasteiger partial charge in [0.2, 0.25) is 5.91 Å². The lowest BCUT2D eigenvalue weighted by atomic mass is 9.96. The van der Waals surface area contributed by atoms with Gasteiger partial charge in [-0.25, -0.2) is 5.01 Å². The number of hydrogen-bond donors (Lipinski definition) is 1. The fraction of sp³-hybridized carbons (Fsp3) is 0.333. The number of carboxylic acid groups (broad SMARTS) is 1. The first-order valence-electron chi connectivity index (χ1n) is 11.7. The number of hydrogen-bond acceptors (Lipinski definition) is 5. The van der Waals surface area contributed by atoms with Crippen LogP contribution >= 0.6 is 0 Å². The molecule has 1 unspecified atom stereocenters. The summed E-state index contributed by atoms with van der Waals surface area (Å²) >= 11 is 0. The summed E-state index contributed by atoms with van der Waals surface area (Å²) in [6, 6.07) is 15.4. The zero-order chi connectivity index (χ0) is 25.1. The molecule has 2 heterocycles. The van der Waals surface area contributed by atoms with Crippen LogP contribution in [-0.4, -0.2) is 44.6 Å². The molecule has 0 bridgehead atoms. The smallest absolute Gasteiger partial charge is 0.303 e. The van der Waals surface area contributed by atoms with Crippen LogP contribution in [-0.2, 0) is 9.59 Å². The van der Waals surface area contributed by atoms with E-state index in [0.717, 1.165) is 39.4 Å². The Morgan fingerprint density at radius 2 is 1.71 bits per heavy atom. The topological polar surface area (TPSA) is 97.0 Å². The molecule has 1 atom stereocenters. The van der Waals surface area contributed by atoms with E-state index < -0.39 is 12.0 Å². The summed E-state index contributed by atoms with van der Waals surface area (Å²) < 4.78 is 7.16. The van der Waals surface area contributed by atoms with Gasteiger partial charge in [-0.1, -0.05) is 29.8 Å². The van der Waals surface area contributed by atoms with Gasteiger partial charge < -0.3 is 9.84 Å². The standard InChI is InChI=1S/C27H30N4O4/c1-17(2)30-16-22(27(29-30)20-7-5-18(3)6-8-20)24-15-23(19-9-11-21(35-4)12-10-19)28-31(24)25(32)13-14-26(33)34/h5-12,16-17,24H,13-15H2,1-4H3,(H,33,34). The largest absolute Gasteiger partial charge is 0.497 e. The number of methoxy groups -OCH3 is 1. The monoisotopic (exact) mass is 474 g/mol. The lowest BCUT2D eigenvalue weighted by molar-refractivity contribution is -0.141. The van der Waals surface area contributed by atoms with E-state index in [-0.39, 0.29) is 24.8 Å². The van der Waals surface area contributed by atoms with E-state index >= 15 is 0 Å². The van der Waals surface area contributed by atoms with Crippen LogP contribution in [0.2, 0.25) is 0 Å². The molecule has 8 heteroatoms. The summed E-state index contributed by atoms with van der Waals surface area (Å²) in [6.45, 7) is 6.14. The molecule has 1 N–H and O–H groups in total. The Kier molecular flexibility index (Phi) is 7.00. The number of carbonyl (C=O) groups is 2. The molecule has 0 fully saturated rings. The highest BCUT2D eigenvalue weighted by atomic mass is 16.5. The number of aliphatic carboxylic acids is 1. The van der Waals surface area contributed by atoms with Crippen molar-refractivity contribution in [2.75, 3.05) is 7.11 Å². The highest BCUT2D eigenvalue weighted by Gasteiger charge is 2.36. The number of ether oxygens (including phenoxy) is 1. The Morgan fingerprint density at radius 1 is 1.06 bits per heavy atom. The van der Waals surface area contributed by atoms with Crippen LogP contribution in [0.1, 0.15) is 61.9 Å². The van der Waals surface area contributed by atoms with Crippen LogP contribution in [0.5, 0.6) is 5.75 Å². The van der Waals surface area contributed by atoms with Gasteiger partial charge in [0.05, 0.1) is 31.0 Å². The number of aromatic nitrogens is 2. The van der Waals surface area contributed by atoms with Crippen LogP contribution < -0.4 is 4.74 Å². The molecule has 1 amide bonds. The number of amides is 1. The minimum atomic E-state index is -1.01. The summed E-state index contributed by atoms with van der Waals surface area (Å²) in [6.07, 6.45) is 2.11. The first-order valence-corrected chi connectivity index (χ1v) is 11.7. The third-order valence-electron chi connectivity index (χ3n) is 6.12. The summed E-state index contributed by atoms with van der Waals surface area (Å²) in [4.78, 5) is 24.3. The molecule has 1 aliphatic heterocycles. The highest BCUT2D eigenvalue weighted by molar-refractivity contribution is 6.03. The third-order valence-corrected chi connectivity index (χ3v) is 6.12. The lowest BCUT2D eigenvalue weighted by Gasteiger charge is -2.21. The van der Waals surface area contributed by atoms with Crippen molar-refractivity contribution in [2.24, 2.45) is 5.10 Å². The van der Waals surface area contributed by atoms with Crippen LogP contribution in [0, 0.1) is 6.92 Å². The van der Waals surface area contributed by atoms with Crippen LogP contribution in [0.15, 0.2) is 59.8 Å². The van der Waals surface area contributed by atoms with Gasteiger partial charge in [0, 0.05) is 36.2 Å². The van der Waals surface area contributed by atoms with Crippen LogP contribution in [0.4, 0.5) is 0 Å². The fourth-order valence-corrected chi connectivity index (χ4v) is 4.12. The molecular weight excluding hydrogens is 444 g/mol. The third kappa shape index (κ3) is 5.26. The van der Waals surface area contributed by atoms with E-state index in [4.69, 9.17) is 14.9 Å². The van der Waals surface area contributed by atoms with Gasteiger partial charge in [0.1, 0.15) is 5.75 Å². The number of benzene rings is 2. The number of rotatable bonds is 8. The number of aryl methyl sites for hydroxylation is 1. The van der Waals surface area contributed by atoms with Crippen molar-refractivity contribution < 1.29 is 19.4 Å². The van der Waals surface area contributed by atoms with E-state index in [9.17, 15) is 9.59 Å². The Hall–Kier alpha value is -3.94. The number of nitrogens with zero attached hydrogens (tertiary/aromatic N) is 4. The predicted octanol–water partition coefficient (Wildman–Crippen LogP) is 4.99. The SMILES string of the molecule is COc1ccc(C2=NN(C(=O)CCC(=O)O)C(c3cn(C(C)C)nc3-c3ccc(C)cc3)C2)cc1. The first kappa shape index (κ1) is 24.2. The molecule has 0 radical (unpaired) electrons. The zero-order valence-corrected chi connectivity index (χ0v) is 20.4. The van der Waals surface area contributed by atoms with Gasteiger partial charge in [0.25, 0.3) is 0 Å². The summed E-state index contributed by atoms with van der Waals surface area (Å²) in [5.41, 5.74) is 5.44. The second-order valence-corrected chi connectivity index (χ2v) is 9.00. The second-order valence-electron chi connectivity index (χ2n) is 9.00. The van der Waals surface area contributed by atoms with E-state index in [0.29, 0.717) is 6.42 Å². The number of carbonyl (C=O) groups excluding carboxylic acids is 1. The maximum Gasteiger partial charge on any atom is 0.303 e. The molecule has 0 saturated heterocycles. The van der Waals surface area contributed by atoms with Crippen LogP contribution in [0.25, 0.3) is 11.3 Å². The molecule has 35 heavy (non-hydrogen) atoms. The number of hydrazone groups is 1. The molecule has 8 nitrogen and oxygen atoms in total. The number of carboxylic acids is 1. The molecule has 4 rings (SSSR count). The quantitative estimate of drug-likeness (QED) is 0.496. The van der Waals surface area contributed by atoms with Gasteiger partial charge in [-0.15, -0.1) is 0 Å². The van der Waals surface area contributed by atoms with Crippen molar-refractivity contribution in [1.29, 1.82) is 0 Å². The minimum absolute atomic E-state index is 0.122. The van der Waals surface area contributed by atoms with Gasteiger partial charge >= 0.3 is 5.97 Å². The van der Waals surface area contributed by atoms with E-state index in [2.05, 4.69) is 18.9 Å². The molecule has 2 aromatic carbocycles. The second kappa shape index (κ2) is 10.1. The van der Waals surface area contributed by atoms with Crippen molar-refractivity contribution in [1.82, 2.24) is 14.8 Å². The van der Waals surface area contributed by atoms with Crippen molar-refractivity contribution in [2.45, 2.75) is 52.1 Å². The first-order chi connectivity index (χ1) is 16.8. The molecule has 0 spiro atoms. The van der Waals surface area contributed by atoms with Crippen LogP contribution in [0.3, 0.4) is 0 Å². The molecular formula is C27H30N4O4. The predicted molar refractivity (Wildman–Crippen MR) is 133 cm³/mol. The maximum atomic E-state index is 13.2. The lowest BCUT2D eigenvalue weighted by Crippen LogP contribution is -2.27. The van der Waals surface area contributed by atoms with Gasteiger partial charge in [0.15, 0.2) is 0 Å². The Bertz CT molecular complexity index is 1240. The average molecular weight is 475 g/mol. The van der Waals surface area contributed by atoms with Crippen molar-refractivity contribution >= 4 is 17.6 Å². The summed E-state index contributed by atoms with van der Waals surface area (Å²) in [7, 11) is 1.61. The summed E-state index contributed by atoms with van der Waals surface area (Å²) in [5.74, 6) is -0.604. The van der Waals surface area contributed by atoms with Gasteiger partial charge in [-0.2, -0.15) is 10.2 Å². The highest BCUT2D eigenvalue weighted by Crippen LogP contribution is 2.39. The van der Waals surface area contributed by atoms with E-state index in [1.54, 1.807) is 7.11 Å². The summed E-state index contributed by atoms with van der Waals surface area (Å²) in [5, 5.41) is 20.1. The molecule has 1 aliphatic rings. The van der Waals surface area contributed by atoms with Gasteiger partial charge in [-0.05, 0) is 50.6 Å². The van der Waals surface area contributed by atoms with Gasteiger partial charge in [-0.3, -0.25) is 14.3 Å². The maximum absolute atomic E-state index is 13.2. The fourth-order valence-electron chi connectivity index (χ4n) is 4.12. The molecule has 3 aromatic rings. The average Bonchev–Trinajstić information content (AvgIpc) is 3.48. The van der Waals surface area contributed by atoms with Crippen molar-refractivity contribution in [3.8, 4) is 17.0 Å². The Morgan fingerprint density at radius 3 is 2.31 bits per heavy atom. The van der Waals surface area contributed by atoms with E-state index in [1.165, 1.54) is 5.01 Å². The zero-order valence-electron chi connectivity index (χ0n) is 20.4. The normalized spacial score (nSPS) is 15.4. The van der Waals surface area contributed by atoms with Crippen molar-refractivity contribution in [3.05, 3.63) is 71.4 Å².